The SMILES string of the molecule is C[C@@H](N)c1cccc(N=O)c1. The summed E-state index contributed by atoms with van der Waals surface area (Å²) in [5.41, 5.74) is 6.96. The van der Waals surface area contributed by atoms with E-state index in [9.17, 15) is 4.91 Å². The monoisotopic (exact) mass is 150 g/mol. The Morgan fingerprint density at radius 2 is 2.27 bits per heavy atom. The van der Waals surface area contributed by atoms with Gasteiger partial charge in [-0.15, -0.1) is 4.91 Å². The summed E-state index contributed by atoms with van der Waals surface area (Å²) >= 11 is 0. The zero-order chi connectivity index (χ0) is 8.27. The molecule has 3 heteroatoms. The van der Waals surface area contributed by atoms with Gasteiger partial charge in [-0.2, -0.15) is 0 Å². The van der Waals surface area contributed by atoms with E-state index in [1.54, 1.807) is 18.2 Å². The van der Waals surface area contributed by atoms with Crippen LogP contribution < -0.4 is 5.73 Å². The van der Waals surface area contributed by atoms with Crippen LogP contribution in [0.15, 0.2) is 29.4 Å². The maximum atomic E-state index is 10.1. The van der Waals surface area contributed by atoms with E-state index in [2.05, 4.69) is 5.18 Å². The summed E-state index contributed by atoms with van der Waals surface area (Å²) < 4.78 is 0. The van der Waals surface area contributed by atoms with Crippen molar-refractivity contribution in [2.45, 2.75) is 13.0 Å². The number of rotatable bonds is 2. The van der Waals surface area contributed by atoms with Gasteiger partial charge in [0.25, 0.3) is 0 Å². The molecule has 0 fully saturated rings. The summed E-state index contributed by atoms with van der Waals surface area (Å²) in [6.45, 7) is 1.86. The highest BCUT2D eigenvalue weighted by atomic mass is 16.3. The van der Waals surface area contributed by atoms with Crippen molar-refractivity contribution in [2.75, 3.05) is 0 Å². The fraction of sp³-hybridized carbons (Fsp3) is 0.250. The van der Waals surface area contributed by atoms with Gasteiger partial charge in [-0.3, -0.25) is 0 Å². The number of benzene rings is 1. The first kappa shape index (κ1) is 7.88. The fourth-order valence-corrected chi connectivity index (χ4v) is 0.865. The summed E-state index contributed by atoms with van der Waals surface area (Å²) in [6, 6.07) is 6.95. The molecule has 0 unspecified atom stereocenters. The number of hydrogen-bond donors (Lipinski definition) is 1. The first-order chi connectivity index (χ1) is 5.24. The van der Waals surface area contributed by atoms with E-state index in [4.69, 9.17) is 5.73 Å². The Bertz CT molecular complexity index is 258. The van der Waals surface area contributed by atoms with Crippen LogP contribution in [0.1, 0.15) is 18.5 Å². The third kappa shape index (κ3) is 1.85. The van der Waals surface area contributed by atoms with E-state index in [-0.39, 0.29) is 6.04 Å². The maximum Gasteiger partial charge on any atom is 0.108 e. The second-order valence-corrected chi connectivity index (χ2v) is 2.47. The van der Waals surface area contributed by atoms with Crippen LogP contribution in [0.4, 0.5) is 5.69 Å². The normalized spacial score (nSPS) is 12.5. The van der Waals surface area contributed by atoms with Crippen LogP contribution >= 0.6 is 0 Å². The standard InChI is InChI=1S/C8H10N2O/c1-6(9)7-3-2-4-8(5-7)10-11/h2-6H,9H2,1H3/t6-/m1/s1. The van der Waals surface area contributed by atoms with Gasteiger partial charge >= 0.3 is 0 Å². The predicted octanol–water partition coefficient (Wildman–Crippen LogP) is 2.10. The van der Waals surface area contributed by atoms with E-state index in [0.29, 0.717) is 5.69 Å². The van der Waals surface area contributed by atoms with Gasteiger partial charge in [-0.05, 0) is 29.8 Å². The minimum atomic E-state index is -0.0447. The number of nitroso groups, excluding NO2 is 1. The molecule has 58 valence electrons. The van der Waals surface area contributed by atoms with Gasteiger partial charge in [0.15, 0.2) is 0 Å². The Morgan fingerprint density at radius 3 is 2.82 bits per heavy atom. The molecule has 0 aliphatic rings. The Balaban J connectivity index is 3.00. The molecule has 0 spiro atoms. The third-order valence-electron chi connectivity index (χ3n) is 1.50. The van der Waals surface area contributed by atoms with Crippen LogP contribution in [-0.4, -0.2) is 0 Å². The van der Waals surface area contributed by atoms with Crippen LogP contribution in [0.25, 0.3) is 0 Å². The lowest BCUT2D eigenvalue weighted by atomic mass is 10.1. The van der Waals surface area contributed by atoms with E-state index in [1.807, 2.05) is 13.0 Å². The maximum absolute atomic E-state index is 10.1. The van der Waals surface area contributed by atoms with E-state index in [1.165, 1.54) is 0 Å². The van der Waals surface area contributed by atoms with Gasteiger partial charge in [-0.1, -0.05) is 12.1 Å². The molecule has 0 aliphatic heterocycles. The van der Waals surface area contributed by atoms with Crippen LogP contribution in [-0.2, 0) is 0 Å². The molecule has 0 aromatic heterocycles. The molecule has 1 atom stereocenters. The highest BCUT2D eigenvalue weighted by molar-refractivity contribution is 5.40. The largest absolute Gasteiger partial charge is 0.324 e. The van der Waals surface area contributed by atoms with Crippen molar-refractivity contribution in [3.63, 3.8) is 0 Å². The summed E-state index contributed by atoms with van der Waals surface area (Å²) in [7, 11) is 0. The summed E-state index contributed by atoms with van der Waals surface area (Å²) in [6.07, 6.45) is 0. The van der Waals surface area contributed by atoms with Crippen LogP contribution in [0.2, 0.25) is 0 Å². The van der Waals surface area contributed by atoms with Gasteiger partial charge in [0, 0.05) is 6.04 Å². The second-order valence-electron chi connectivity index (χ2n) is 2.47. The summed E-state index contributed by atoms with van der Waals surface area (Å²) in [5, 5.41) is 2.81. The molecular formula is C8H10N2O. The van der Waals surface area contributed by atoms with Crippen molar-refractivity contribution in [3.8, 4) is 0 Å². The summed E-state index contributed by atoms with van der Waals surface area (Å²) in [5.74, 6) is 0. The van der Waals surface area contributed by atoms with Crippen molar-refractivity contribution in [1.82, 2.24) is 0 Å². The fourth-order valence-electron chi connectivity index (χ4n) is 0.865. The molecule has 0 bridgehead atoms. The average molecular weight is 150 g/mol. The molecule has 2 N–H and O–H groups in total. The predicted molar refractivity (Wildman–Crippen MR) is 44.5 cm³/mol. The molecular weight excluding hydrogens is 140 g/mol. The first-order valence-corrected chi connectivity index (χ1v) is 3.43. The second kappa shape index (κ2) is 3.25. The lowest BCUT2D eigenvalue weighted by Crippen LogP contribution is -2.03. The molecule has 0 saturated heterocycles. The Labute approximate surface area is 65.2 Å². The van der Waals surface area contributed by atoms with Gasteiger partial charge in [0.05, 0.1) is 0 Å². The lowest BCUT2D eigenvalue weighted by molar-refractivity contribution is 0.818. The Kier molecular flexibility index (Phi) is 2.33. The Hall–Kier alpha value is -1.22. The molecule has 0 radical (unpaired) electrons. The molecule has 11 heavy (non-hydrogen) atoms. The molecule has 0 saturated carbocycles. The highest BCUT2D eigenvalue weighted by Gasteiger charge is 1.99. The van der Waals surface area contributed by atoms with Crippen LogP contribution in [0, 0.1) is 4.91 Å². The Morgan fingerprint density at radius 1 is 1.55 bits per heavy atom. The molecule has 3 nitrogen and oxygen atoms in total. The zero-order valence-electron chi connectivity index (χ0n) is 6.32. The molecule has 0 amide bonds. The lowest BCUT2D eigenvalue weighted by Gasteiger charge is -2.03. The number of nitrogens with two attached hydrogens (primary N) is 1. The minimum absolute atomic E-state index is 0.0447. The van der Waals surface area contributed by atoms with Gasteiger partial charge < -0.3 is 5.73 Å². The molecule has 1 aromatic carbocycles. The van der Waals surface area contributed by atoms with E-state index >= 15 is 0 Å². The van der Waals surface area contributed by atoms with Gasteiger partial charge in [0.1, 0.15) is 5.69 Å². The highest BCUT2D eigenvalue weighted by Crippen LogP contribution is 2.17. The van der Waals surface area contributed by atoms with Gasteiger partial charge in [0.2, 0.25) is 0 Å². The van der Waals surface area contributed by atoms with Crippen molar-refractivity contribution in [3.05, 3.63) is 34.7 Å². The molecule has 0 heterocycles. The zero-order valence-corrected chi connectivity index (χ0v) is 6.32. The van der Waals surface area contributed by atoms with E-state index in [0.717, 1.165) is 5.56 Å². The topological polar surface area (TPSA) is 55.4 Å². The quantitative estimate of drug-likeness (QED) is 0.656. The third-order valence-corrected chi connectivity index (χ3v) is 1.50. The number of nitrogens with zero attached hydrogens (tertiary/aromatic N) is 1. The minimum Gasteiger partial charge on any atom is -0.324 e. The van der Waals surface area contributed by atoms with Crippen molar-refractivity contribution >= 4 is 5.69 Å². The van der Waals surface area contributed by atoms with Crippen molar-refractivity contribution in [1.29, 1.82) is 0 Å². The molecule has 0 aliphatic carbocycles. The van der Waals surface area contributed by atoms with Gasteiger partial charge in [-0.25, -0.2) is 0 Å². The summed E-state index contributed by atoms with van der Waals surface area (Å²) in [4.78, 5) is 10.1. The molecule has 1 aromatic rings. The smallest absolute Gasteiger partial charge is 0.108 e. The van der Waals surface area contributed by atoms with Crippen molar-refractivity contribution in [2.24, 2.45) is 10.9 Å². The van der Waals surface area contributed by atoms with Crippen LogP contribution in [0.5, 0.6) is 0 Å². The van der Waals surface area contributed by atoms with Crippen LogP contribution in [0.3, 0.4) is 0 Å². The van der Waals surface area contributed by atoms with Crippen molar-refractivity contribution < 1.29 is 0 Å². The molecule has 1 rings (SSSR count). The number of hydrogen-bond acceptors (Lipinski definition) is 3. The first-order valence-electron chi connectivity index (χ1n) is 3.43. The van der Waals surface area contributed by atoms with E-state index < -0.39 is 0 Å². The average Bonchev–Trinajstić information content (AvgIpc) is 2.05.